The molecule has 0 aliphatic heterocycles. The van der Waals surface area contributed by atoms with Gasteiger partial charge in [-0.2, -0.15) is 0 Å². The summed E-state index contributed by atoms with van der Waals surface area (Å²) in [5, 5.41) is 16.9. The largest absolute Gasteiger partial charge is 0.377 e. The number of likely N-dealkylation sites (N-methyl/N-ethyl adjacent to an activating group) is 1. The van der Waals surface area contributed by atoms with E-state index in [1.54, 1.807) is 12.1 Å². The monoisotopic (exact) mass is 229 g/mol. The van der Waals surface area contributed by atoms with Gasteiger partial charge in [0.2, 0.25) is 0 Å². The summed E-state index contributed by atoms with van der Waals surface area (Å²) in [6, 6.07) is 4.60. The van der Waals surface area contributed by atoms with Crippen molar-refractivity contribution >= 4 is 23.0 Å². The van der Waals surface area contributed by atoms with Crippen LogP contribution in [0.25, 0.3) is 0 Å². The Balaban J connectivity index is 2.87. The minimum Gasteiger partial charge on any atom is -0.377 e. The Hall–Kier alpha value is -1.33. The lowest BCUT2D eigenvalue weighted by atomic mass is 10.2. The second kappa shape index (κ2) is 5.53. The van der Waals surface area contributed by atoms with E-state index in [9.17, 15) is 10.1 Å². The minimum atomic E-state index is -0.451. The molecule has 0 saturated heterocycles. The molecule has 0 aromatic heterocycles. The fraction of sp³-hybridized carbons (Fsp3) is 0.333. The molecule has 0 unspecified atom stereocenters. The van der Waals surface area contributed by atoms with Gasteiger partial charge in [0.15, 0.2) is 0 Å². The summed E-state index contributed by atoms with van der Waals surface area (Å²) in [5.74, 6) is 0. The first-order valence-corrected chi connectivity index (χ1v) is 4.86. The molecule has 0 fully saturated rings. The second-order valence-electron chi connectivity index (χ2n) is 2.92. The summed E-state index contributed by atoms with van der Waals surface area (Å²) >= 11 is 5.87. The van der Waals surface area contributed by atoms with E-state index in [2.05, 4.69) is 10.6 Å². The molecular formula is C9H12ClN3O2. The summed E-state index contributed by atoms with van der Waals surface area (Å²) < 4.78 is 0. The second-order valence-corrected chi connectivity index (χ2v) is 3.33. The molecule has 0 atom stereocenters. The summed E-state index contributed by atoms with van der Waals surface area (Å²) in [6.45, 7) is 1.30. The number of nitrogens with one attached hydrogen (secondary N) is 2. The molecular weight excluding hydrogens is 218 g/mol. The van der Waals surface area contributed by atoms with E-state index in [-0.39, 0.29) is 5.69 Å². The van der Waals surface area contributed by atoms with Crippen LogP contribution in [0.3, 0.4) is 0 Å². The van der Waals surface area contributed by atoms with Crippen molar-refractivity contribution in [1.29, 1.82) is 0 Å². The molecule has 15 heavy (non-hydrogen) atoms. The molecule has 0 aliphatic carbocycles. The van der Waals surface area contributed by atoms with E-state index in [4.69, 9.17) is 11.6 Å². The molecule has 0 saturated carbocycles. The number of hydrogen-bond acceptors (Lipinski definition) is 4. The molecule has 0 bridgehead atoms. The van der Waals surface area contributed by atoms with Crippen LogP contribution in [-0.2, 0) is 0 Å². The van der Waals surface area contributed by atoms with Gasteiger partial charge in [-0.25, -0.2) is 0 Å². The molecule has 6 heteroatoms. The fourth-order valence-corrected chi connectivity index (χ4v) is 1.39. The maximum atomic E-state index is 10.7. The first-order chi connectivity index (χ1) is 7.16. The van der Waals surface area contributed by atoms with E-state index in [0.717, 1.165) is 0 Å². The highest BCUT2D eigenvalue weighted by atomic mass is 35.5. The smallest absolute Gasteiger partial charge is 0.293 e. The van der Waals surface area contributed by atoms with Crippen molar-refractivity contribution in [3.8, 4) is 0 Å². The lowest BCUT2D eigenvalue weighted by molar-refractivity contribution is -0.383. The highest BCUT2D eigenvalue weighted by Gasteiger charge is 2.15. The zero-order valence-corrected chi connectivity index (χ0v) is 9.04. The zero-order valence-electron chi connectivity index (χ0n) is 8.29. The van der Waals surface area contributed by atoms with Crippen molar-refractivity contribution < 1.29 is 4.92 Å². The Labute approximate surface area is 92.6 Å². The average Bonchev–Trinajstić information content (AvgIpc) is 2.20. The zero-order chi connectivity index (χ0) is 11.3. The molecule has 5 nitrogen and oxygen atoms in total. The SMILES string of the molecule is CNCCNc1c(Cl)cccc1[N+](=O)[O-]. The van der Waals surface area contributed by atoms with Crippen molar-refractivity contribution in [3.63, 3.8) is 0 Å². The molecule has 0 spiro atoms. The minimum absolute atomic E-state index is 0.00129. The van der Waals surface area contributed by atoms with Gasteiger partial charge in [-0.05, 0) is 13.1 Å². The van der Waals surface area contributed by atoms with E-state index < -0.39 is 4.92 Å². The molecule has 0 heterocycles. The Bertz CT molecular complexity index is 357. The quantitative estimate of drug-likeness (QED) is 0.460. The number of halogens is 1. The van der Waals surface area contributed by atoms with Crippen LogP contribution in [0.2, 0.25) is 5.02 Å². The van der Waals surface area contributed by atoms with Crippen LogP contribution in [0, 0.1) is 10.1 Å². The third-order valence-electron chi connectivity index (χ3n) is 1.87. The lowest BCUT2D eigenvalue weighted by Crippen LogP contribution is -2.18. The predicted molar refractivity (Wildman–Crippen MR) is 60.5 cm³/mol. The molecule has 0 radical (unpaired) electrons. The number of hydrogen-bond donors (Lipinski definition) is 2. The first-order valence-electron chi connectivity index (χ1n) is 4.48. The van der Waals surface area contributed by atoms with Gasteiger partial charge < -0.3 is 10.6 Å². The van der Waals surface area contributed by atoms with Crippen molar-refractivity contribution in [2.75, 3.05) is 25.5 Å². The Morgan fingerprint density at radius 2 is 2.20 bits per heavy atom. The van der Waals surface area contributed by atoms with Crippen LogP contribution in [0.1, 0.15) is 0 Å². The Morgan fingerprint density at radius 3 is 2.80 bits per heavy atom. The third-order valence-corrected chi connectivity index (χ3v) is 2.18. The van der Waals surface area contributed by atoms with Gasteiger partial charge in [-0.15, -0.1) is 0 Å². The normalized spacial score (nSPS) is 10.0. The molecule has 0 aliphatic rings. The van der Waals surface area contributed by atoms with Gasteiger partial charge in [-0.1, -0.05) is 17.7 Å². The van der Waals surface area contributed by atoms with Crippen molar-refractivity contribution in [1.82, 2.24) is 5.32 Å². The van der Waals surface area contributed by atoms with Crippen molar-refractivity contribution in [2.45, 2.75) is 0 Å². The predicted octanol–water partition coefficient (Wildman–Crippen LogP) is 1.88. The molecule has 0 amide bonds. The number of nitro groups is 1. The summed E-state index contributed by atoms with van der Waals surface area (Å²) in [4.78, 5) is 10.2. The van der Waals surface area contributed by atoms with Crippen LogP contribution in [0.15, 0.2) is 18.2 Å². The van der Waals surface area contributed by atoms with Crippen molar-refractivity contribution in [2.24, 2.45) is 0 Å². The number of rotatable bonds is 5. The molecule has 1 rings (SSSR count). The van der Waals surface area contributed by atoms with Gasteiger partial charge in [0, 0.05) is 19.2 Å². The van der Waals surface area contributed by atoms with E-state index in [1.807, 2.05) is 7.05 Å². The topological polar surface area (TPSA) is 67.2 Å². The van der Waals surface area contributed by atoms with Crippen LogP contribution < -0.4 is 10.6 Å². The van der Waals surface area contributed by atoms with Gasteiger partial charge in [0.25, 0.3) is 5.69 Å². The van der Waals surface area contributed by atoms with Crippen LogP contribution in [0.5, 0.6) is 0 Å². The number of benzene rings is 1. The van der Waals surface area contributed by atoms with Gasteiger partial charge >= 0.3 is 0 Å². The maximum Gasteiger partial charge on any atom is 0.293 e. The molecule has 82 valence electrons. The fourth-order valence-electron chi connectivity index (χ4n) is 1.15. The van der Waals surface area contributed by atoms with Crippen molar-refractivity contribution in [3.05, 3.63) is 33.3 Å². The first kappa shape index (κ1) is 11.7. The van der Waals surface area contributed by atoms with E-state index in [0.29, 0.717) is 23.8 Å². The highest BCUT2D eigenvalue weighted by Crippen LogP contribution is 2.31. The lowest BCUT2D eigenvalue weighted by Gasteiger charge is -2.08. The number of para-hydroxylation sites is 1. The third kappa shape index (κ3) is 3.07. The Morgan fingerprint density at radius 1 is 1.47 bits per heavy atom. The highest BCUT2D eigenvalue weighted by molar-refractivity contribution is 6.33. The number of anilines is 1. The molecule has 1 aromatic carbocycles. The average molecular weight is 230 g/mol. The molecule has 1 aromatic rings. The standard InChI is InChI=1S/C9H12ClN3O2/c1-11-5-6-12-9-7(10)3-2-4-8(9)13(14)15/h2-4,11-12H,5-6H2,1H3. The van der Waals surface area contributed by atoms with Gasteiger partial charge in [0.1, 0.15) is 5.69 Å². The summed E-state index contributed by atoms with van der Waals surface area (Å²) in [5.41, 5.74) is 0.373. The Kier molecular flexibility index (Phi) is 4.33. The van der Waals surface area contributed by atoms with Crippen LogP contribution in [-0.4, -0.2) is 25.1 Å². The van der Waals surface area contributed by atoms with E-state index in [1.165, 1.54) is 6.07 Å². The summed E-state index contributed by atoms with van der Waals surface area (Å²) in [7, 11) is 1.81. The number of nitro benzene ring substituents is 1. The molecule has 2 N–H and O–H groups in total. The van der Waals surface area contributed by atoms with Gasteiger partial charge in [0.05, 0.1) is 9.95 Å². The van der Waals surface area contributed by atoms with Crippen LogP contribution in [0.4, 0.5) is 11.4 Å². The maximum absolute atomic E-state index is 10.7. The van der Waals surface area contributed by atoms with E-state index >= 15 is 0 Å². The summed E-state index contributed by atoms with van der Waals surface area (Å²) in [6.07, 6.45) is 0. The van der Waals surface area contributed by atoms with Gasteiger partial charge in [-0.3, -0.25) is 10.1 Å². The van der Waals surface area contributed by atoms with Crippen LogP contribution >= 0.6 is 11.6 Å². The number of nitrogens with zero attached hydrogens (tertiary/aromatic N) is 1.